The Morgan fingerprint density at radius 1 is 0.457 bits per heavy atom. The molecular weight excluding hydrogens is 1590 g/mol. The van der Waals surface area contributed by atoms with E-state index >= 15 is 0 Å². The van der Waals surface area contributed by atoms with E-state index in [1.807, 2.05) is 195 Å². The number of nitrogens with zero attached hydrogens (tertiary/aromatic N) is 4. The number of carbonyl (C=O) groups is 2. The van der Waals surface area contributed by atoms with Gasteiger partial charge < -0.3 is 57.5 Å². The molecule has 10 aromatic carbocycles. The average molecular weight is 1690 g/mol. The summed E-state index contributed by atoms with van der Waals surface area (Å²) in [6.45, 7) is 13.1. The Morgan fingerprint density at radius 2 is 0.845 bits per heavy atom. The first-order valence-electron chi connectivity index (χ1n) is 37.6. The number of piperidine rings is 1. The predicted octanol–water partition coefficient (Wildman–Crippen LogP) is 22.4. The van der Waals surface area contributed by atoms with Crippen molar-refractivity contribution in [2.45, 2.75) is 85.8 Å². The monoisotopic (exact) mass is 1680 g/mol. The van der Waals surface area contributed by atoms with Crippen molar-refractivity contribution in [3.63, 3.8) is 0 Å². The molecule has 1 fully saturated rings. The fourth-order valence-corrected chi connectivity index (χ4v) is 14.0. The minimum absolute atomic E-state index is 0.137. The van der Waals surface area contributed by atoms with Crippen LogP contribution in [-0.2, 0) is 66.2 Å². The van der Waals surface area contributed by atoms with Crippen LogP contribution >= 0.6 is 69.3 Å². The summed E-state index contributed by atoms with van der Waals surface area (Å²) in [5, 5.41) is 30.0. The van der Waals surface area contributed by atoms with E-state index in [9.17, 15) is 19.8 Å². The molecule has 13 rings (SSSR count). The number of ketones is 1. The highest BCUT2D eigenvalue weighted by Gasteiger charge is 2.30. The van der Waals surface area contributed by atoms with Gasteiger partial charge in [-0.2, -0.15) is 4.98 Å². The number of amides is 1. The molecular formula is C93H97Cl5N4O13S. The summed E-state index contributed by atoms with van der Waals surface area (Å²) in [6, 6.07) is 68.3. The molecule has 0 radical (unpaired) electrons. The van der Waals surface area contributed by atoms with Gasteiger partial charge >= 0.3 is 0 Å². The standard InChI is InChI=1S/C20H22ClNO4.C19H23ClO4.C19H21ClO2.C18H16ClNOS.C17H15ClN2O2/c1-26-12-15-10-14(20(25)22-9-8-18(23)19(24)11-22)4-7-17(15)13-2-5-16(21)6-3-13;1-21-9-10-23-11-12-24-18-7-8-19(16(13-18)14-22-2)15-3-5-17(20)6-4-15;1-13(2)10-19(21)15-6-9-18(16(11-15)12-22-3)14-4-7-17(20)8-5-14;1-12-20-18(11-22-12)14-5-8-17(15(9-14)10-21-2)13-3-6-16(19)7-4-13;1-11-19-17(22-20-11)13-5-8-16(14(9-13)10-21-2)12-3-6-15(18)7-4-12/h2-7,10,18-19,23-24H,8-9,11-12H2,1H3;3-8,13H,9-12,14H2,1-2H3;4-9,11,13H,10,12H2,1-3H3;3-9,11H,10H2,1-2H3;3-9H,10H2,1-2H3/t18-,19+;;;;/m0..../s1. The molecule has 0 aliphatic carbocycles. The van der Waals surface area contributed by atoms with E-state index in [4.69, 9.17) is 100 Å². The third-order valence-electron chi connectivity index (χ3n) is 18.4. The normalized spacial score (nSPS) is 13.0. The summed E-state index contributed by atoms with van der Waals surface area (Å²) < 4.78 is 47.9. The van der Waals surface area contributed by atoms with Gasteiger partial charge in [-0.25, -0.2) is 4.98 Å². The number of aryl methyl sites for hydroxylation is 2. The lowest BCUT2D eigenvalue weighted by molar-refractivity contribution is -0.0321. The molecule has 23 heteroatoms. The Hall–Kier alpha value is -9.00. The number of rotatable bonds is 28. The summed E-state index contributed by atoms with van der Waals surface area (Å²) >= 11 is 31.5. The number of aromatic nitrogens is 3. The van der Waals surface area contributed by atoms with Crippen molar-refractivity contribution in [1.29, 1.82) is 0 Å². The first-order valence-corrected chi connectivity index (χ1v) is 40.4. The number of halogens is 5. The van der Waals surface area contributed by atoms with Gasteiger partial charge in [-0.3, -0.25) is 9.59 Å². The molecule has 3 heterocycles. The molecule has 0 bridgehead atoms. The lowest BCUT2D eigenvalue weighted by Crippen LogP contribution is -2.48. The van der Waals surface area contributed by atoms with Crippen LogP contribution in [0.1, 0.15) is 86.1 Å². The highest BCUT2D eigenvalue weighted by Crippen LogP contribution is 2.36. The van der Waals surface area contributed by atoms with Gasteiger partial charge in [0.25, 0.3) is 11.8 Å². The number of thiazole rings is 1. The molecule has 12 aromatic rings. The highest BCUT2D eigenvalue weighted by atomic mass is 35.5. The van der Waals surface area contributed by atoms with Crippen LogP contribution in [0.2, 0.25) is 25.1 Å². The Morgan fingerprint density at radius 3 is 1.25 bits per heavy atom. The smallest absolute Gasteiger partial charge is 0.257 e. The number of benzene rings is 10. The SMILES string of the molecule is COCCOCCOc1ccc(-c2ccc(Cl)cc2)c(COC)c1.COCc1cc(-c2csc(C)n2)ccc1-c1ccc(Cl)cc1.COCc1cc(-c2nc(C)no2)ccc1-c1ccc(Cl)cc1.COCc1cc(C(=O)CC(C)C)ccc1-c1ccc(Cl)cc1.COCc1cc(C(=O)N2CC[C@H](O)[C@H](O)C2)ccc1-c1ccc(Cl)cc1. The molecule has 0 unspecified atom stereocenters. The second-order valence-electron chi connectivity index (χ2n) is 27.6. The van der Waals surface area contributed by atoms with Crippen molar-refractivity contribution in [2.75, 3.05) is 82.2 Å². The fourth-order valence-electron chi connectivity index (χ4n) is 12.7. The summed E-state index contributed by atoms with van der Waals surface area (Å²) in [5.41, 5.74) is 20.3. The number of likely N-dealkylation sites (tertiary alicyclic amines) is 1. The van der Waals surface area contributed by atoms with Crippen LogP contribution in [0.4, 0.5) is 0 Å². The van der Waals surface area contributed by atoms with E-state index in [1.165, 1.54) is 0 Å². The second kappa shape index (κ2) is 46.8. The molecule has 2 N–H and O–H groups in total. The van der Waals surface area contributed by atoms with Crippen molar-refractivity contribution in [2.24, 2.45) is 5.92 Å². The molecule has 2 atom stereocenters. The second-order valence-corrected chi connectivity index (χ2v) is 30.8. The summed E-state index contributed by atoms with van der Waals surface area (Å²) in [6.07, 6.45) is -0.734. The molecule has 116 heavy (non-hydrogen) atoms. The zero-order chi connectivity index (χ0) is 83.0. The van der Waals surface area contributed by atoms with Gasteiger partial charge in [0.1, 0.15) is 12.4 Å². The fraction of sp³-hybridized carbons (Fsp3) is 0.280. The number of hydrogen-bond acceptors (Lipinski definition) is 17. The molecule has 1 saturated heterocycles. The Kier molecular flexibility index (Phi) is 36.7. The highest BCUT2D eigenvalue weighted by molar-refractivity contribution is 7.09. The molecule has 1 aliphatic rings. The number of aliphatic hydroxyl groups excluding tert-OH is 2. The topological polar surface area (TPSA) is 203 Å². The summed E-state index contributed by atoms with van der Waals surface area (Å²) in [7, 11) is 10.00. The summed E-state index contributed by atoms with van der Waals surface area (Å²) in [4.78, 5) is 35.4. The van der Waals surface area contributed by atoms with Gasteiger partial charge in [0, 0.05) is 115 Å². The number of β-amino-alcohol motifs (C(OH)–C–C–N with tert-alkyl or cyclic N) is 1. The Labute approximate surface area is 708 Å². The van der Waals surface area contributed by atoms with Crippen molar-refractivity contribution in [3.05, 3.63) is 293 Å². The van der Waals surface area contributed by atoms with Crippen LogP contribution in [0, 0.1) is 19.8 Å². The van der Waals surface area contributed by atoms with Crippen molar-refractivity contribution in [3.8, 4) is 84.1 Å². The van der Waals surface area contributed by atoms with E-state index in [1.54, 1.807) is 71.9 Å². The first kappa shape index (κ1) is 90.9. The molecule has 608 valence electrons. The van der Waals surface area contributed by atoms with Crippen LogP contribution < -0.4 is 4.74 Å². The average Bonchev–Trinajstić information content (AvgIpc) is 1.25. The Bertz CT molecular complexity index is 4930. The quantitative estimate of drug-likeness (QED) is 0.0346. The molecule has 0 spiro atoms. The molecule has 1 amide bonds. The van der Waals surface area contributed by atoms with Gasteiger partial charge in [0.05, 0.1) is 75.8 Å². The van der Waals surface area contributed by atoms with E-state index in [0.29, 0.717) is 112 Å². The maximum absolute atomic E-state index is 12.8. The summed E-state index contributed by atoms with van der Waals surface area (Å²) in [5.74, 6) is 2.30. The lowest BCUT2D eigenvalue weighted by atomic mass is 9.94. The van der Waals surface area contributed by atoms with Crippen molar-refractivity contribution < 1.29 is 62.2 Å². The van der Waals surface area contributed by atoms with Crippen molar-refractivity contribution >= 4 is 81.0 Å². The molecule has 17 nitrogen and oxygen atoms in total. The number of methoxy groups -OCH3 is 6. The number of Topliss-reactive ketones (excluding diaryl/α,β-unsaturated/α-hetero) is 1. The van der Waals surface area contributed by atoms with Gasteiger partial charge in [0.2, 0.25) is 0 Å². The first-order chi connectivity index (χ1) is 56.1. The van der Waals surface area contributed by atoms with Crippen LogP contribution in [0.3, 0.4) is 0 Å². The number of carbonyl (C=O) groups excluding carboxylic acids is 2. The van der Waals surface area contributed by atoms with Crippen LogP contribution in [0.25, 0.3) is 78.3 Å². The molecule has 2 aromatic heterocycles. The molecule has 0 saturated carbocycles. The van der Waals surface area contributed by atoms with Crippen molar-refractivity contribution in [1.82, 2.24) is 20.0 Å². The third kappa shape index (κ3) is 27.3. The van der Waals surface area contributed by atoms with Gasteiger partial charge in [-0.05, 0) is 219 Å². The van der Waals surface area contributed by atoms with Gasteiger partial charge in [-0.15, -0.1) is 11.3 Å². The van der Waals surface area contributed by atoms with E-state index in [0.717, 1.165) is 132 Å². The lowest BCUT2D eigenvalue weighted by Gasteiger charge is -2.33. The number of ether oxygens (including phenoxy) is 8. The zero-order valence-electron chi connectivity index (χ0n) is 66.7. The minimum Gasteiger partial charge on any atom is -0.491 e. The maximum atomic E-state index is 12.8. The van der Waals surface area contributed by atoms with E-state index in [-0.39, 0.29) is 18.2 Å². The van der Waals surface area contributed by atoms with E-state index < -0.39 is 12.2 Å². The molecule has 1 aliphatic heterocycles. The zero-order valence-corrected chi connectivity index (χ0v) is 71.3. The van der Waals surface area contributed by atoms with Crippen LogP contribution in [0.5, 0.6) is 5.75 Å². The largest absolute Gasteiger partial charge is 0.491 e. The van der Waals surface area contributed by atoms with Crippen LogP contribution in [0.15, 0.2) is 222 Å². The predicted molar refractivity (Wildman–Crippen MR) is 466 cm³/mol. The third-order valence-corrected chi connectivity index (χ3v) is 20.4. The van der Waals surface area contributed by atoms with Gasteiger partial charge in [-0.1, -0.05) is 180 Å². The van der Waals surface area contributed by atoms with Gasteiger partial charge in [0.15, 0.2) is 11.6 Å². The number of hydrogen-bond donors (Lipinski definition) is 2. The van der Waals surface area contributed by atoms with E-state index in [2.05, 4.69) is 52.6 Å². The maximum Gasteiger partial charge on any atom is 0.257 e. The number of aliphatic hydroxyl groups is 2. The van der Waals surface area contributed by atoms with Crippen LogP contribution in [-0.4, -0.2) is 136 Å². The Balaban J connectivity index is 0.000000166. The minimum atomic E-state index is -0.903.